The number of hydrogen-bond acceptors (Lipinski definition) is 3. The molecule has 0 amide bonds. The number of ether oxygens (including phenoxy) is 2. The second-order valence-electron chi connectivity index (χ2n) is 6.59. The first-order valence-electron chi connectivity index (χ1n) is 7.52. The molecule has 0 aliphatic carbocycles. The van der Waals surface area contributed by atoms with Crippen LogP contribution in [0.3, 0.4) is 0 Å². The van der Waals surface area contributed by atoms with E-state index in [1.54, 1.807) is 0 Å². The summed E-state index contributed by atoms with van der Waals surface area (Å²) in [5.74, 6) is 0.537. The summed E-state index contributed by atoms with van der Waals surface area (Å²) in [6.07, 6.45) is 4.82. The summed E-state index contributed by atoms with van der Waals surface area (Å²) in [7, 11) is 0. The van der Waals surface area contributed by atoms with E-state index in [9.17, 15) is 0 Å². The maximum absolute atomic E-state index is 6.60. The van der Waals surface area contributed by atoms with E-state index >= 15 is 0 Å². The average molecular weight is 255 g/mol. The van der Waals surface area contributed by atoms with Crippen LogP contribution in [-0.4, -0.2) is 37.0 Å². The average Bonchev–Trinajstić information content (AvgIpc) is 2.29. The van der Waals surface area contributed by atoms with Gasteiger partial charge in [0.05, 0.1) is 17.3 Å². The van der Waals surface area contributed by atoms with Gasteiger partial charge < -0.3 is 14.8 Å². The Morgan fingerprint density at radius 1 is 1.33 bits per heavy atom. The molecule has 2 saturated heterocycles. The van der Waals surface area contributed by atoms with Crippen LogP contribution in [0.15, 0.2) is 0 Å². The topological polar surface area (TPSA) is 30.5 Å². The molecule has 3 heteroatoms. The Morgan fingerprint density at radius 2 is 2.11 bits per heavy atom. The highest BCUT2D eigenvalue weighted by molar-refractivity contribution is 4.98. The van der Waals surface area contributed by atoms with Crippen LogP contribution in [0, 0.1) is 5.92 Å². The van der Waals surface area contributed by atoms with Crippen LogP contribution in [0.5, 0.6) is 0 Å². The Kier molecular flexibility index (Phi) is 4.35. The second kappa shape index (κ2) is 5.48. The molecule has 0 saturated carbocycles. The van der Waals surface area contributed by atoms with E-state index in [0.717, 1.165) is 39.0 Å². The quantitative estimate of drug-likeness (QED) is 0.841. The van der Waals surface area contributed by atoms with Crippen LogP contribution in [-0.2, 0) is 9.47 Å². The van der Waals surface area contributed by atoms with Gasteiger partial charge in [0, 0.05) is 32.5 Å². The third-order valence-electron chi connectivity index (χ3n) is 4.72. The van der Waals surface area contributed by atoms with Crippen molar-refractivity contribution in [3.63, 3.8) is 0 Å². The van der Waals surface area contributed by atoms with E-state index in [1.165, 1.54) is 6.42 Å². The zero-order valence-corrected chi connectivity index (χ0v) is 12.4. The minimum absolute atomic E-state index is 0.00928. The van der Waals surface area contributed by atoms with Crippen molar-refractivity contribution in [1.29, 1.82) is 0 Å². The summed E-state index contributed by atoms with van der Waals surface area (Å²) in [6, 6.07) is 0. The van der Waals surface area contributed by atoms with Crippen molar-refractivity contribution in [2.45, 2.75) is 70.7 Å². The summed E-state index contributed by atoms with van der Waals surface area (Å²) >= 11 is 0. The molecule has 2 heterocycles. The van der Waals surface area contributed by atoms with Crippen molar-refractivity contribution < 1.29 is 9.47 Å². The normalized spacial score (nSPS) is 41.5. The fraction of sp³-hybridized carbons (Fsp3) is 1.00. The maximum Gasteiger partial charge on any atom is 0.0861 e. The van der Waals surface area contributed by atoms with Crippen LogP contribution in [0.2, 0.25) is 0 Å². The van der Waals surface area contributed by atoms with Gasteiger partial charge in [-0.3, -0.25) is 0 Å². The summed E-state index contributed by atoms with van der Waals surface area (Å²) in [4.78, 5) is 0. The van der Waals surface area contributed by atoms with Gasteiger partial charge >= 0.3 is 0 Å². The molecule has 3 atom stereocenters. The first kappa shape index (κ1) is 14.3. The van der Waals surface area contributed by atoms with E-state index in [-0.39, 0.29) is 11.2 Å². The Labute approximate surface area is 112 Å². The molecule has 106 valence electrons. The molecule has 3 nitrogen and oxygen atoms in total. The van der Waals surface area contributed by atoms with Crippen LogP contribution in [0.1, 0.15) is 53.4 Å². The third kappa shape index (κ3) is 2.89. The molecule has 1 N–H and O–H groups in total. The molecule has 18 heavy (non-hydrogen) atoms. The van der Waals surface area contributed by atoms with Crippen LogP contribution >= 0.6 is 0 Å². The molecule has 0 radical (unpaired) electrons. The first-order valence-corrected chi connectivity index (χ1v) is 7.52. The summed E-state index contributed by atoms with van der Waals surface area (Å²) < 4.78 is 12.5. The Hall–Kier alpha value is -0.120. The second-order valence-corrected chi connectivity index (χ2v) is 6.59. The van der Waals surface area contributed by atoms with Crippen molar-refractivity contribution in [2.24, 2.45) is 5.92 Å². The minimum Gasteiger partial charge on any atom is -0.378 e. The molecule has 1 spiro atoms. The van der Waals surface area contributed by atoms with Gasteiger partial charge in [-0.1, -0.05) is 27.2 Å². The van der Waals surface area contributed by atoms with Gasteiger partial charge in [0.2, 0.25) is 0 Å². The summed E-state index contributed by atoms with van der Waals surface area (Å²) in [5, 5.41) is 3.60. The van der Waals surface area contributed by atoms with Gasteiger partial charge in [0.15, 0.2) is 0 Å². The molecule has 0 bridgehead atoms. The molecule has 0 aromatic rings. The van der Waals surface area contributed by atoms with Crippen molar-refractivity contribution in [1.82, 2.24) is 5.32 Å². The lowest BCUT2D eigenvalue weighted by Gasteiger charge is -2.52. The van der Waals surface area contributed by atoms with E-state index < -0.39 is 0 Å². The number of hydrogen-bond donors (Lipinski definition) is 1. The largest absolute Gasteiger partial charge is 0.378 e. The van der Waals surface area contributed by atoms with Gasteiger partial charge in [-0.25, -0.2) is 0 Å². The van der Waals surface area contributed by atoms with Gasteiger partial charge in [-0.2, -0.15) is 0 Å². The van der Waals surface area contributed by atoms with Crippen molar-refractivity contribution in [3.05, 3.63) is 0 Å². The SMILES string of the molecule is CCCC1CC2(CCO1)CNCC(C)(C(C)C)O2. The van der Waals surface area contributed by atoms with Crippen LogP contribution in [0.4, 0.5) is 0 Å². The Balaban J connectivity index is 2.05. The predicted octanol–water partition coefficient (Wildman–Crippen LogP) is 2.74. The van der Waals surface area contributed by atoms with Gasteiger partial charge in [0.25, 0.3) is 0 Å². The maximum atomic E-state index is 6.60. The third-order valence-corrected chi connectivity index (χ3v) is 4.72. The first-order chi connectivity index (χ1) is 8.50. The van der Waals surface area contributed by atoms with E-state index in [0.29, 0.717) is 12.0 Å². The van der Waals surface area contributed by atoms with Crippen molar-refractivity contribution in [2.75, 3.05) is 19.7 Å². The molecular formula is C15H29NO2. The van der Waals surface area contributed by atoms with Gasteiger partial charge in [-0.05, 0) is 19.3 Å². The number of nitrogens with one attached hydrogen (secondary N) is 1. The number of morpholine rings is 1. The van der Waals surface area contributed by atoms with Crippen molar-refractivity contribution >= 4 is 0 Å². The highest BCUT2D eigenvalue weighted by Crippen LogP contribution is 2.38. The fourth-order valence-electron chi connectivity index (χ4n) is 3.18. The smallest absolute Gasteiger partial charge is 0.0861 e. The molecular weight excluding hydrogens is 226 g/mol. The standard InChI is InChI=1S/C15H29NO2/c1-5-6-13-9-15(7-8-17-13)11-16-10-14(4,18-15)12(2)3/h12-13,16H,5-11H2,1-4H3. The Morgan fingerprint density at radius 3 is 2.78 bits per heavy atom. The van der Waals surface area contributed by atoms with E-state index in [1.807, 2.05) is 0 Å². The predicted molar refractivity (Wildman–Crippen MR) is 73.8 cm³/mol. The summed E-state index contributed by atoms with van der Waals surface area (Å²) in [5.41, 5.74) is -0.0261. The van der Waals surface area contributed by atoms with Crippen LogP contribution < -0.4 is 5.32 Å². The van der Waals surface area contributed by atoms with Crippen LogP contribution in [0.25, 0.3) is 0 Å². The molecule has 0 aromatic carbocycles. The van der Waals surface area contributed by atoms with Gasteiger partial charge in [0.1, 0.15) is 0 Å². The molecule has 2 aliphatic heterocycles. The number of rotatable bonds is 3. The Bertz CT molecular complexity index is 276. The zero-order valence-electron chi connectivity index (χ0n) is 12.4. The molecule has 2 fully saturated rings. The lowest BCUT2D eigenvalue weighted by Crippen LogP contribution is -2.63. The van der Waals surface area contributed by atoms with E-state index in [2.05, 4.69) is 33.0 Å². The lowest BCUT2D eigenvalue weighted by atomic mass is 9.82. The summed E-state index contributed by atoms with van der Waals surface area (Å²) in [6.45, 7) is 11.8. The highest BCUT2D eigenvalue weighted by Gasteiger charge is 2.47. The van der Waals surface area contributed by atoms with Crippen molar-refractivity contribution in [3.8, 4) is 0 Å². The zero-order chi connectivity index (χ0) is 13.2. The van der Waals surface area contributed by atoms with Gasteiger partial charge in [-0.15, -0.1) is 0 Å². The molecule has 2 rings (SSSR count). The molecule has 0 aromatic heterocycles. The fourth-order valence-corrected chi connectivity index (χ4v) is 3.18. The lowest BCUT2D eigenvalue weighted by molar-refractivity contribution is -0.227. The monoisotopic (exact) mass is 255 g/mol. The van der Waals surface area contributed by atoms with E-state index in [4.69, 9.17) is 9.47 Å². The minimum atomic E-state index is -0.0354. The molecule has 2 aliphatic rings. The molecule has 3 unspecified atom stereocenters. The highest BCUT2D eigenvalue weighted by atomic mass is 16.5.